The molecule has 256 valence electrons. The Balaban J connectivity index is 0.000000194. The molecule has 6 aromatic rings. The quantitative estimate of drug-likeness (QED) is 0.156. The highest BCUT2D eigenvalue weighted by atomic mass is 35.5. The van der Waals surface area contributed by atoms with Crippen LogP contribution in [0.1, 0.15) is 27.2 Å². The van der Waals surface area contributed by atoms with Crippen molar-refractivity contribution in [3.05, 3.63) is 102 Å². The molecule has 3 N–H and O–H groups in total. The van der Waals surface area contributed by atoms with Crippen molar-refractivity contribution in [2.24, 2.45) is 0 Å². The Kier molecular flexibility index (Phi) is 9.65. The van der Waals surface area contributed by atoms with Gasteiger partial charge in [-0.25, -0.2) is 33.5 Å². The van der Waals surface area contributed by atoms with Gasteiger partial charge < -0.3 is 25.2 Å². The molecule has 13 heteroatoms. The number of aromatic nitrogens is 4. The normalized spacial score (nSPS) is 14.4. The maximum absolute atomic E-state index is 14.0. The molecule has 1 aliphatic rings. The van der Waals surface area contributed by atoms with Gasteiger partial charge in [0.05, 0.1) is 28.2 Å². The van der Waals surface area contributed by atoms with Crippen LogP contribution in [-0.2, 0) is 4.74 Å². The number of fused-ring (bicyclic) bond motifs is 2. The highest BCUT2D eigenvalue weighted by molar-refractivity contribution is 6.34. The van der Waals surface area contributed by atoms with Gasteiger partial charge in [0.1, 0.15) is 39.7 Å². The third kappa shape index (κ3) is 7.81. The van der Waals surface area contributed by atoms with Crippen LogP contribution in [0.15, 0.2) is 84.9 Å². The number of benzene rings is 4. The van der Waals surface area contributed by atoms with Gasteiger partial charge in [-0.2, -0.15) is 0 Å². The number of halogens is 3. The van der Waals surface area contributed by atoms with Crippen LogP contribution in [0.2, 0.25) is 5.15 Å². The zero-order valence-corrected chi connectivity index (χ0v) is 28.1. The highest BCUT2D eigenvalue weighted by Gasteiger charge is 2.29. The Hall–Kier alpha value is -5.62. The van der Waals surface area contributed by atoms with Crippen LogP contribution in [0, 0.1) is 11.6 Å². The van der Waals surface area contributed by atoms with E-state index in [1.165, 1.54) is 30.3 Å². The summed E-state index contributed by atoms with van der Waals surface area (Å²) >= 11 is 6.04. The number of hydrogen-bond acceptors (Lipinski definition) is 9. The van der Waals surface area contributed by atoms with Crippen LogP contribution in [0.3, 0.4) is 0 Å². The second kappa shape index (κ2) is 14.1. The minimum Gasteiger partial charge on any atom is -0.507 e. The van der Waals surface area contributed by atoms with Crippen molar-refractivity contribution in [3.63, 3.8) is 0 Å². The second-order valence-corrected chi connectivity index (χ2v) is 13.0. The van der Waals surface area contributed by atoms with Gasteiger partial charge in [0.2, 0.25) is 0 Å². The molecule has 10 nitrogen and oxygen atoms in total. The van der Waals surface area contributed by atoms with Gasteiger partial charge in [-0.05, 0) is 87.9 Å². The van der Waals surface area contributed by atoms with Crippen LogP contribution in [-0.4, -0.2) is 61.0 Å². The topological polar surface area (TPSA) is 134 Å². The van der Waals surface area contributed by atoms with Crippen molar-refractivity contribution >= 4 is 45.3 Å². The Morgan fingerprint density at radius 3 is 1.94 bits per heavy atom. The summed E-state index contributed by atoms with van der Waals surface area (Å²) in [4.78, 5) is 31.7. The van der Waals surface area contributed by atoms with Gasteiger partial charge in [0, 0.05) is 23.9 Å². The van der Waals surface area contributed by atoms with Crippen molar-refractivity contribution in [1.82, 2.24) is 25.3 Å². The number of ether oxygens (including phenoxy) is 1. The summed E-state index contributed by atoms with van der Waals surface area (Å²) in [6.45, 7) is 6.58. The van der Waals surface area contributed by atoms with E-state index in [2.05, 4.69) is 25.3 Å². The summed E-state index contributed by atoms with van der Waals surface area (Å²) in [5, 5.41) is 24.1. The average molecular weight is 699 g/mol. The minimum atomic E-state index is -0.574. The average Bonchev–Trinajstić information content (AvgIpc) is 3.52. The smallest absolute Gasteiger partial charge is 0.407 e. The maximum Gasteiger partial charge on any atom is 0.407 e. The van der Waals surface area contributed by atoms with Crippen molar-refractivity contribution in [2.75, 3.05) is 18.0 Å². The number of nitrogens with one attached hydrogen (secondary N) is 1. The molecule has 1 amide bonds. The Morgan fingerprint density at radius 1 is 0.820 bits per heavy atom. The number of amides is 1. The van der Waals surface area contributed by atoms with Crippen LogP contribution in [0.4, 0.5) is 19.4 Å². The standard InChI is InChI=1S/C23H25FN4O3.C14H8ClFN2O/c1-23(2,3)31-22(30)25-15-10-11-28(13-15)21-17-12-14(24)8-9-18(17)26-20(27-21)16-6-4-5-7-19(16)29;15-13-10-7-8(16)5-6-11(10)17-14(18-13)9-3-1-2-4-12(9)19/h4-9,12,15,29H,10-11,13H2,1-3H3,(H,25,30);1-7,19H/t15-;/m1./s1. The van der Waals surface area contributed by atoms with Crippen molar-refractivity contribution in [2.45, 2.75) is 38.8 Å². The van der Waals surface area contributed by atoms with Gasteiger partial charge in [0.15, 0.2) is 11.6 Å². The zero-order valence-electron chi connectivity index (χ0n) is 27.4. The number of phenols is 2. The number of hydrogen-bond donors (Lipinski definition) is 3. The number of carbonyl (C=O) groups is 1. The Morgan fingerprint density at radius 2 is 1.36 bits per heavy atom. The molecule has 0 radical (unpaired) electrons. The number of carbonyl (C=O) groups excluding carboxylic acids is 1. The predicted molar refractivity (Wildman–Crippen MR) is 188 cm³/mol. The number of anilines is 1. The van der Waals surface area contributed by atoms with Crippen molar-refractivity contribution in [3.8, 4) is 34.3 Å². The molecule has 0 aliphatic carbocycles. The van der Waals surface area contributed by atoms with E-state index in [1.807, 2.05) is 25.7 Å². The van der Waals surface area contributed by atoms with E-state index in [4.69, 9.17) is 16.3 Å². The van der Waals surface area contributed by atoms with Crippen molar-refractivity contribution in [1.29, 1.82) is 0 Å². The van der Waals surface area contributed by atoms with Gasteiger partial charge >= 0.3 is 6.09 Å². The molecule has 1 atom stereocenters. The molecule has 1 aliphatic heterocycles. The molecule has 2 aromatic heterocycles. The molecule has 0 spiro atoms. The highest BCUT2D eigenvalue weighted by Crippen LogP contribution is 2.34. The van der Waals surface area contributed by atoms with Crippen LogP contribution >= 0.6 is 11.6 Å². The SMILES string of the molecule is CC(C)(C)OC(=O)N[C@@H]1CCN(c2nc(-c3ccccc3O)nc3ccc(F)cc23)C1.Oc1ccccc1-c1nc(Cl)c2cc(F)ccc2n1. The fourth-order valence-corrected chi connectivity index (χ4v) is 5.73. The van der Waals surface area contributed by atoms with E-state index in [1.54, 1.807) is 54.6 Å². The summed E-state index contributed by atoms with van der Waals surface area (Å²) < 4.78 is 32.5. The van der Waals surface area contributed by atoms with E-state index in [0.29, 0.717) is 69.9 Å². The molecular weight excluding hydrogens is 666 g/mol. The monoisotopic (exact) mass is 698 g/mol. The first-order valence-corrected chi connectivity index (χ1v) is 16.1. The third-order valence-corrected chi connectivity index (χ3v) is 8.04. The zero-order chi connectivity index (χ0) is 35.6. The largest absolute Gasteiger partial charge is 0.507 e. The number of aromatic hydroxyl groups is 2. The summed E-state index contributed by atoms with van der Waals surface area (Å²) in [5.41, 5.74) is 1.51. The van der Waals surface area contributed by atoms with E-state index in [9.17, 15) is 23.8 Å². The lowest BCUT2D eigenvalue weighted by Crippen LogP contribution is -2.40. The molecule has 0 bridgehead atoms. The Bertz CT molecular complexity index is 2210. The molecule has 7 rings (SSSR count). The van der Waals surface area contributed by atoms with E-state index < -0.39 is 17.5 Å². The van der Waals surface area contributed by atoms with Crippen LogP contribution in [0.5, 0.6) is 11.5 Å². The second-order valence-electron chi connectivity index (χ2n) is 12.6. The third-order valence-electron chi connectivity index (χ3n) is 7.75. The summed E-state index contributed by atoms with van der Waals surface area (Å²) in [6.07, 6.45) is 0.235. The van der Waals surface area contributed by atoms with Gasteiger partial charge in [-0.3, -0.25) is 0 Å². The lowest BCUT2D eigenvalue weighted by molar-refractivity contribution is 0.0509. The molecule has 1 saturated heterocycles. The van der Waals surface area contributed by atoms with Crippen LogP contribution in [0.25, 0.3) is 44.6 Å². The van der Waals surface area contributed by atoms with Gasteiger partial charge in [-0.1, -0.05) is 35.9 Å². The number of phenolic OH excluding ortho intramolecular Hbond substituents is 2. The Labute approximate surface area is 291 Å². The molecule has 0 saturated carbocycles. The molecule has 1 fully saturated rings. The molecule has 50 heavy (non-hydrogen) atoms. The number of alkyl carbamates (subject to hydrolysis) is 1. The van der Waals surface area contributed by atoms with E-state index in [-0.39, 0.29) is 28.5 Å². The fourth-order valence-electron chi connectivity index (χ4n) is 5.50. The summed E-state index contributed by atoms with van der Waals surface area (Å²) in [6, 6.07) is 21.9. The first-order valence-electron chi connectivity index (χ1n) is 15.8. The minimum absolute atomic E-state index is 0.0695. The number of rotatable bonds is 4. The lowest BCUT2D eigenvalue weighted by atomic mass is 10.1. The number of para-hydroxylation sites is 2. The first kappa shape index (κ1) is 34.3. The molecule has 3 heterocycles. The van der Waals surface area contributed by atoms with Gasteiger partial charge in [-0.15, -0.1) is 0 Å². The molecular formula is C37H33ClF2N6O4. The van der Waals surface area contributed by atoms with Gasteiger partial charge in [0.25, 0.3) is 0 Å². The van der Waals surface area contributed by atoms with Crippen LogP contribution < -0.4 is 10.2 Å². The lowest BCUT2D eigenvalue weighted by Gasteiger charge is -2.23. The molecule has 0 unspecified atom stereocenters. The first-order chi connectivity index (χ1) is 23.8. The summed E-state index contributed by atoms with van der Waals surface area (Å²) in [5.74, 6) is 0.596. The molecule has 4 aromatic carbocycles. The fraction of sp³-hybridized carbons (Fsp3) is 0.216. The van der Waals surface area contributed by atoms with E-state index >= 15 is 0 Å². The van der Waals surface area contributed by atoms with Crippen molar-refractivity contribution < 1.29 is 28.5 Å². The maximum atomic E-state index is 14.0. The predicted octanol–water partition coefficient (Wildman–Crippen LogP) is 8.04. The van der Waals surface area contributed by atoms with E-state index in [0.717, 1.165) is 0 Å². The summed E-state index contributed by atoms with van der Waals surface area (Å²) in [7, 11) is 0. The number of nitrogens with zero attached hydrogens (tertiary/aromatic N) is 5.